The molecule has 144 valence electrons. The lowest BCUT2D eigenvalue weighted by Gasteiger charge is -2.39. The second-order valence-electron chi connectivity index (χ2n) is 7.88. The third-order valence-corrected chi connectivity index (χ3v) is 8.94. The fraction of sp³-hybridized carbons (Fsp3) is 0.706. The second-order valence-corrected chi connectivity index (χ2v) is 10.9. The number of thiophene rings is 1. The van der Waals surface area contributed by atoms with Gasteiger partial charge < -0.3 is 14.5 Å². The van der Waals surface area contributed by atoms with Gasteiger partial charge in [0.05, 0.1) is 17.5 Å². The normalized spacial score (nSPS) is 33.0. The first-order chi connectivity index (χ1) is 12.2. The number of likely N-dealkylation sites (tertiary alicyclic amines) is 1. The number of hydrogen-bond donors (Lipinski definition) is 0. The zero-order valence-electron chi connectivity index (χ0n) is 15.3. The van der Waals surface area contributed by atoms with Crippen LogP contribution in [0.1, 0.15) is 21.7 Å². The zero-order chi connectivity index (χ0) is 18.7. The highest BCUT2D eigenvalue weighted by atomic mass is 32.2. The molecular formula is C17H25N3O4S2. The Morgan fingerprint density at radius 1 is 1.42 bits per heavy atom. The molecule has 0 unspecified atom stereocenters. The van der Waals surface area contributed by atoms with Crippen LogP contribution in [0.25, 0.3) is 0 Å². The van der Waals surface area contributed by atoms with Crippen molar-refractivity contribution in [2.45, 2.75) is 30.3 Å². The summed E-state index contributed by atoms with van der Waals surface area (Å²) in [6, 6.07) is 1.90. The van der Waals surface area contributed by atoms with E-state index in [9.17, 15) is 13.2 Å². The van der Waals surface area contributed by atoms with Crippen LogP contribution in [0, 0.1) is 6.92 Å². The lowest BCUT2D eigenvalue weighted by molar-refractivity contribution is -0.0976. The minimum atomic E-state index is -3.39. The van der Waals surface area contributed by atoms with Crippen molar-refractivity contribution >= 4 is 27.3 Å². The van der Waals surface area contributed by atoms with Crippen molar-refractivity contribution in [1.82, 2.24) is 14.1 Å². The zero-order valence-corrected chi connectivity index (χ0v) is 17.0. The standard InChI is InChI=1S/C17H25N3O4S2/c1-12-6-14(25-9-12)16(21)19-8-13-7-15-17(10-19,24-13)11-20(26(15,22)23)5-4-18(2)3/h6,9,13,15H,4-5,7-8,10-11H2,1-3H3/t13-,15+,17+/m1/s1. The van der Waals surface area contributed by atoms with Crippen LogP contribution in [0.2, 0.25) is 0 Å². The number of rotatable bonds is 4. The first-order valence-corrected chi connectivity index (χ1v) is 11.3. The number of amides is 1. The van der Waals surface area contributed by atoms with Crippen LogP contribution >= 0.6 is 11.3 Å². The Balaban J connectivity index is 1.57. The van der Waals surface area contributed by atoms with Gasteiger partial charge in [0.15, 0.2) is 0 Å². The van der Waals surface area contributed by atoms with Crippen LogP contribution < -0.4 is 0 Å². The van der Waals surface area contributed by atoms with E-state index in [1.807, 2.05) is 37.4 Å². The van der Waals surface area contributed by atoms with Crippen molar-refractivity contribution in [2.24, 2.45) is 0 Å². The van der Waals surface area contributed by atoms with Crippen molar-refractivity contribution in [3.05, 3.63) is 21.9 Å². The average Bonchev–Trinajstić information content (AvgIpc) is 3.16. The van der Waals surface area contributed by atoms with E-state index < -0.39 is 20.9 Å². The number of sulfonamides is 1. The van der Waals surface area contributed by atoms with Crippen molar-refractivity contribution in [3.63, 3.8) is 0 Å². The lowest BCUT2D eigenvalue weighted by atomic mass is 9.99. The molecule has 3 aliphatic heterocycles. The molecule has 1 aromatic heterocycles. The second kappa shape index (κ2) is 6.27. The number of nitrogens with zero attached hydrogens (tertiary/aromatic N) is 3. The van der Waals surface area contributed by atoms with Crippen molar-refractivity contribution in [2.75, 3.05) is 46.8 Å². The molecule has 3 fully saturated rings. The molecule has 4 heterocycles. The molecule has 0 N–H and O–H groups in total. The van der Waals surface area contributed by atoms with Gasteiger partial charge in [-0.3, -0.25) is 4.79 Å². The molecule has 0 aromatic carbocycles. The van der Waals surface area contributed by atoms with Gasteiger partial charge >= 0.3 is 0 Å². The molecule has 7 nitrogen and oxygen atoms in total. The summed E-state index contributed by atoms with van der Waals surface area (Å²) in [6.07, 6.45) is 0.290. The van der Waals surface area contributed by atoms with Crippen molar-refractivity contribution in [3.8, 4) is 0 Å². The number of likely N-dealkylation sites (N-methyl/N-ethyl adjacent to an activating group) is 1. The Bertz CT molecular complexity index is 822. The first-order valence-electron chi connectivity index (χ1n) is 8.87. The van der Waals surface area contributed by atoms with E-state index in [2.05, 4.69) is 0 Å². The number of carbonyl (C=O) groups excluding carboxylic acids is 1. The predicted molar refractivity (Wildman–Crippen MR) is 100 cm³/mol. The maximum absolute atomic E-state index is 13.0. The first kappa shape index (κ1) is 18.4. The molecule has 3 atom stereocenters. The van der Waals surface area contributed by atoms with Crippen molar-refractivity contribution < 1.29 is 17.9 Å². The van der Waals surface area contributed by atoms with E-state index in [-0.39, 0.29) is 12.0 Å². The molecule has 3 saturated heterocycles. The van der Waals surface area contributed by atoms with Gasteiger partial charge in [-0.05, 0) is 44.4 Å². The molecule has 2 bridgehead atoms. The molecule has 9 heteroatoms. The number of ether oxygens (including phenoxy) is 1. The molecule has 0 saturated carbocycles. The fourth-order valence-corrected chi connectivity index (χ4v) is 7.48. The topological polar surface area (TPSA) is 70.2 Å². The molecule has 1 spiro atoms. The minimum Gasteiger partial charge on any atom is -0.365 e. The summed E-state index contributed by atoms with van der Waals surface area (Å²) in [5.74, 6) is -0.0134. The van der Waals surface area contributed by atoms with Gasteiger partial charge in [-0.25, -0.2) is 8.42 Å². The van der Waals surface area contributed by atoms with Gasteiger partial charge in [0.1, 0.15) is 10.9 Å². The van der Waals surface area contributed by atoms with E-state index in [0.717, 1.165) is 5.56 Å². The fourth-order valence-electron chi connectivity index (χ4n) is 4.32. The van der Waals surface area contributed by atoms with Crippen LogP contribution in [0.4, 0.5) is 0 Å². The SMILES string of the molecule is Cc1csc(C(=O)N2C[C@H]3C[C@H]4[C@](C2)(CN(CCN(C)C)S4(=O)=O)O3)c1. The number of fused-ring (bicyclic) bond motifs is 1. The van der Waals surface area contributed by atoms with Crippen LogP contribution in [-0.4, -0.2) is 92.2 Å². The Kier molecular flexibility index (Phi) is 4.43. The molecule has 1 amide bonds. The maximum Gasteiger partial charge on any atom is 0.264 e. The highest BCUT2D eigenvalue weighted by molar-refractivity contribution is 7.90. The Labute approximate surface area is 158 Å². The minimum absolute atomic E-state index is 0.0134. The Morgan fingerprint density at radius 3 is 2.85 bits per heavy atom. The van der Waals surface area contributed by atoms with Gasteiger partial charge in [0.25, 0.3) is 5.91 Å². The molecule has 0 aliphatic carbocycles. The molecule has 1 aromatic rings. The van der Waals surface area contributed by atoms with Gasteiger partial charge in [0.2, 0.25) is 10.0 Å². The summed E-state index contributed by atoms with van der Waals surface area (Å²) in [4.78, 5) is 17.4. The van der Waals surface area contributed by atoms with E-state index in [4.69, 9.17) is 4.74 Å². The van der Waals surface area contributed by atoms with Gasteiger partial charge in [-0.1, -0.05) is 0 Å². The number of morpholine rings is 1. The highest BCUT2D eigenvalue weighted by Gasteiger charge is 2.65. The Morgan fingerprint density at radius 2 is 2.19 bits per heavy atom. The predicted octanol–water partition coefficient (Wildman–Crippen LogP) is 0.616. The van der Waals surface area contributed by atoms with Crippen molar-refractivity contribution in [1.29, 1.82) is 0 Å². The quantitative estimate of drug-likeness (QED) is 0.742. The van der Waals surface area contributed by atoms with E-state index >= 15 is 0 Å². The third kappa shape index (κ3) is 2.90. The van der Waals surface area contributed by atoms with E-state index in [0.29, 0.717) is 44.0 Å². The third-order valence-electron chi connectivity index (χ3n) is 5.54. The number of aryl methyl sites for hydroxylation is 1. The summed E-state index contributed by atoms with van der Waals surface area (Å²) in [7, 11) is 0.471. The summed E-state index contributed by atoms with van der Waals surface area (Å²) in [5, 5.41) is 1.43. The molecule has 4 rings (SSSR count). The number of carbonyl (C=O) groups is 1. The van der Waals surface area contributed by atoms with Gasteiger partial charge in [0, 0.05) is 26.2 Å². The average molecular weight is 400 g/mol. The number of hydrogen-bond acceptors (Lipinski definition) is 6. The van der Waals surface area contributed by atoms with Crippen LogP contribution in [0.3, 0.4) is 0 Å². The van der Waals surface area contributed by atoms with Crippen LogP contribution in [0.5, 0.6) is 0 Å². The smallest absolute Gasteiger partial charge is 0.264 e. The Hall–Kier alpha value is -1.00. The summed E-state index contributed by atoms with van der Waals surface area (Å²) < 4.78 is 33.7. The summed E-state index contributed by atoms with van der Waals surface area (Å²) >= 11 is 1.44. The summed E-state index contributed by atoms with van der Waals surface area (Å²) in [5.41, 5.74) is 0.291. The van der Waals surface area contributed by atoms with Crippen LogP contribution in [-0.2, 0) is 14.8 Å². The largest absolute Gasteiger partial charge is 0.365 e. The molecule has 3 aliphatic rings. The molecule has 0 radical (unpaired) electrons. The lowest BCUT2D eigenvalue weighted by Crippen LogP contribution is -2.56. The van der Waals surface area contributed by atoms with Crippen LogP contribution in [0.15, 0.2) is 11.4 Å². The highest BCUT2D eigenvalue weighted by Crippen LogP contribution is 2.46. The van der Waals surface area contributed by atoms with E-state index in [1.165, 1.54) is 11.3 Å². The van der Waals surface area contributed by atoms with E-state index in [1.54, 1.807) is 9.21 Å². The van der Waals surface area contributed by atoms with Gasteiger partial charge in [-0.2, -0.15) is 4.31 Å². The summed E-state index contributed by atoms with van der Waals surface area (Å²) in [6.45, 7) is 4.26. The molecular weight excluding hydrogens is 374 g/mol. The maximum atomic E-state index is 13.0. The molecule has 26 heavy (non-hydrogen) atoms. The van der Waals surface area contributed by atoms with Gasteiger partial charge in [-0.15, -0.1) is 11.3 Å². The monoisotopic (exact) mass is 399 g/mol.